The number of hydrogen-bond acceptors (Lipinski definition) is 4. The van der Waals surface area contributed by atoms with Crippen molar-refractivity contribution in [2.45, 2.75) is 19.9 Å². The van der Waals surface area contributed by atoms with Crippen molar-refractivity contribution in [2.24, 2.45) is 16.8 Å². The summed E-state index contributed by atoms with van der Waals surface area (Å²) < 4.78 is 0.824. The predicted molar refractivity (Wildman–Crippen MR) is 80.3 cm³/mol. The smallest absolute Gasteiger partial charge is 0.255 e. The Kier molecular flexibility index (Phi) is 5.40. The molecule has 19 heavy (non-hydrogen) atoms. The third kappa shape index (κ3) is 3.98. The Hall–Kier alpha value is -1.51. The minimum atomic E-state index is -0.602. The average Bonchev–Trinajstić information content (AvgIpc) is 2.37. The minimum absolute atomic E-state index is 0.0511. The topological polar surface area (TPSA) is 108 Å². The molecule has 0 heterocycles. The van der Waals surface area contributed by atoms with Crippen LogP contribution in [0.5, 0.6) is 5.75 Å². The van der Waals surface area contributed by atoms with Crippen LogP contribution in [-0.2, 0) is 0 Å². The quantitative estimate of drug-likeness (QED) is 0.210. The van der Waals surface area contributed by atoms with Crippen molar-refractivity contribution in [3.8, 4) is 5.75 Å². The molecule has 0 aliphatic rings. The van der Waals surface area contributed by atoms with Gasteiger partial charge < -0.3 is 21.4 Å². The van der Waals surface area contributed by atoms with Crippen LogP contribution in [0.3, 0.4) is 0 Å². The average molecular weight is 377 g/mol. The first-order chi connectivity index (χ1) is 8.86. The minimum Gasteiger partial charge on any atom is -0.507 e. The molecule has 1 aromatic carbocycles. The number of phenols is 1. The number of phenolic OH excluding ortho intramolecular Hbond substituents is 1. The molecule has 0 saturated heterocycles. The molecule has 0 aliphatic heterocycles. The summed E-state index contributed by atoms with van der Waals surface area (Å²) >= 11 is 2.04. The van der Waals surface area contributed by atoms with E-state index in [9.17, 15) is 9.90 Å². The van der Waals surface area contributed by atoms with E-state index in [0.29, 0.717) is 0 Å². The number of amidine groups is 1. The highest BCUT2D eigenvalue weighted by molar-refractivity contribution is 14.1. The highest BCUT2D eigenvalue weighted by Gasteiger charge is 2.22. The standard InChI is InChI=1S/C12H16IN3O3/c1-6(2)10(11(14)16-19)15-12(18)8-5-7(13)3-4-9(8)17/h3-6,10,17,19H,1-2H3,(H2,14,16)(H,15,18). The number of nitrogens with two attached hydrogens (primary N) is 1. The maximum Gasteiger partial charge on any atom is 0.255 e. The normalized spacial score (nSPS) is 13.4. The Morgan fingerprint density at radius 1 is 1.47 bits per heavy atom. The summed E-state index contributed by atoms with van der Waals surface area (Å²) in [6.07, 6.45) is 0. The molecule has 1 amide bonds. The lowest BCUT2D eigenvalue weighted by Crippen LogP contribution is -2.47. The van der Waals surface area contributed by atoms with Crippen molar-refractivity contribution >= 4 is 34.3 Å². The molecular weight excluding hydrogens is 361 g/mol. The summed E-state index contributed by atoms with van der Waals surface area (Å²) in [5.41, 5.74) is 5.69. The second-order valence-electron chi connectivity index (χ2n) is 4.38. The second kappa shape index (κ2) is 6.60. The van der Waals surface area contributed by atoms with Crippen LogP contribution < -0.4 is 11.1 Å². The van der Waals surface area contributed by atoms with Gasteiger partial charge in [0.15, 0.2) is 5.84 Å². The number of amides is 1. The fourth-order valence-electron chi connectivity index (χ4n) is 1.55. The van der Waals surface area contributed by atoms with Gasteiger partial charge in [-0.25, -0.2) is 0 Å². The summed E-state index contributed by atoms with van der Waals surface area (Å²) in [5, 5.41) is 23.9. The van der Waals surface area contributed by atoms with Crippen LogP contribution in [0, 0.1) is 9.49 Å². The molecule has 0 aromatic heterocycles. The number of oxime groups is 1. The molecule has 0 bridgehead atoms. The molecule has 1 atom stereocenters. The van der Waals surface area contributed by atoms with E-state index in [2.05, 4.69) is 10.5 Å². The van der Waals surface area contributed by atoms with E-state index in [-0.39, 0.29) is 23.1 Å². The molecule has 6 nitrogen and oxygen atoms in total. The van der Waals surface area contributed by atoms with Gasteiger partial charge in [-0.05, 0) is 46.7 Å². The first kappa shape index (κ1) is 15.5. The van der Waals surface area contributed by atoms with Gasteiger partial charge in [-0.3, -0.25) is 4.79 Å². The highest BCUT2D eigenvalue weighted by atomic mass is 127. The van der Waals surface area contributed by atoms with Gasteiger partial charge in [-0.1, -0.05) is 19.0 Å². The molecule has 0 fully saturated rings. The number of halogens is 1. The largest absolute Gasteiger partial charge is 0.507 e. The van der Waals surface area contributed by atoms with Crippen LogP contribution in [0.1, 0.15) is 24.2 Å². The third-order valence-corrected chi connectivity index (χ3v) is 3.26. The summed E-state index contributed by atoms with van der Waals surface area (Å²) in [6.45, 7) is 3.66. The Balaban J connectivity index is 2.97. The summed E-state index contributed by atoms with van der Waals surface area (Å²) in [5.74, 6) is -0.709. The lowest BCUT2D eigenvalue weighted by atomic mass is 10.0. The first-order valence-electron chi connectivity index (χ1n) is 5.63. The van der Waals surface area contributed by atoms with Gasteiger partial charge in [0.05, 0.1) is 11.6 Å². The number of hydrogen-bond donors (Lipinski definition) is 4. The third-order valence-electron chi connectivity index (χ3n) is 2.59. The molecule has 5 N–H and O–H groups in total. The molecule has 1 rings (SSSR count). The zero-order valence-corrected chi connectivity index (χ0v) is 12.7. The van der Waals surface area contributed by atoms with Crippen LogP contribution >= 0.6 is 22.6 Å². The van der Waals surface area contributed by atoms with Gasteiger partial charge in [0.2, 0.25) is 0 Å². The zero-order chi connectivity index (χ0) is 14.6. The van der Waals surface area contributed by atoms with Gasteiger partial charge in [0, 0.05) is 3.57 Å². The summed E-state index contributed by atoms with van der Waals surface area (Å²) in [7, 11) is 0. The molecule has 0 saturated carbocycles. The van der Waals surface area contributed by atoms with Crippen LogP contribution in [-0.4, -0.2) is 28.1 Å². The fourth-order valence-corrected chi connectivity index (χ4v) is 2.04. The maximum absolute atomic E-state index is 12.1. The molecule has 104 valence electrons. The molecule has 7 heteroatoms. The number of nitrogens with one attached hydrogen (secondary N) is 1. The zero-order valence-electron chi connectivity index (χ0n) is 10.6. The molecule has 0 spiro atoms. The van der Waals surface area contributed by atoms with Crippen LogP contribution in [0.4, 0.5) is 0 Å². The second-order valence-corrected chi connectivity index (χ2v) is 5.63. The van der Waals surface area contributed by atoms with E-state index < -0.39 is 11.9 Å². The summed E-state index contributed by atoms with van der Waals surface area (Å²) in [4.78, 5) is 12.1. The van der Waals surface area contributed by atoms with Crippen molar-refractivity contribution in [1.82, 2.24) is 5.32 Å². The molecule has 0 aliphatic carbocycles. The number of nitrogens with zero attached hydrogens (tertiary/aromatic N) is 1. The van der Waals surface area contributed by atoms with Crippen molar-refractivity contribution in [1.29, 1.82) is 0 Å². The van der Waals surface area contributed by atoms with E-state index in [1.54, 1.807) is 12.1 Å². The molecule has 1 aromatic rings. The number of rotatable bonds is 4. The van der Waals surface area contributed by atoms with Crippen LogP contribution in [0.2, 0.25) is 0 Å². The number of carbonyl (C=O) groups excluding carboxylic acids is 1. The SMILES string of the molecule is CC(C)C(NC(=O)c1cc(I)ccc1O)/C(N)=N/O. The lowest BCUT2D eigenvalue weighted by molar-refractivity contribution is 0.0936. The number of benzene rings is 1. The highest BCUT2D eigenvalue weighted by Crippen LogP contribution is 2.20. The van der Waals surface area contributed by atoms with E-state index in [4.69, 9.17) is 10.9 Å². The van der Waals surface area contributed by atoms with Crippen LogP contribution in [0.25, 0.3) is 0 Å². The van der Waals surface area contributed by atoms with E-state index >= 15 is 0 Å². The van der Waals surface area contributed by atoms with E-state index in [1.807, 2.05) is 36.4 Å². The van der Waals surface area contributed by atoms with Gasteiger partial charge in [-0.15, -0.1) is 0 Å². The first-order valence-corrected chi connectivity index (χ1v) is 6.71. The monoisotopic (exact) mass is 377 g/mol. The fraction of sp³-hybridized carbons (Fsp3) is 0.333. The van der Waals surface area contributed by atoms with Crippen molar-refractivity contribution < 1.29 is 15.1 Å². The van der Waals surface area contributed by atoms with Crippen LogP contribution in [0.15, 0.2) is 23.4 Å². The Bertz CT molecular complexity index is 503. The van der Waals surface area contributed by atoms with Crippen molar-refractivity contribution in [3.05, 3.63) is 27.3 Å². The van der Waals surface area contributed by atoms with E-state index in [0.717, 1.165) is 3.57 Å². The molecular formula is C12H16IN3O3. The predicted octanol–water partition coefficient (Wildman–Crippen LogP) is 1.50. The van der Waals surface area contributed by atoms with Crippen molar-refractivity contribution in [3.63, 3.8) is 0 Å². The molecule has 0 radical (unpaired) electrons. The van der Waals surface area contributed by atoms with Gasteiger partial charge in [0.25, 0.3) is 5.91 Å². The summed E-state index contributed by atoms with van der Waals surface area (Å²) in [6, 6.07) is 4.10. The van der Waals surface area contributed by atoms with Gasteiger partial charge in [0.1, 0.15) is 5.75 Å². The molecule has 1 unspecified atom stereocenters. The van der Waals surface area contributed by atoms with E-state index in [1.165, 1.54) is 6.07 Å². The Morgan fingerprint density at radius 2 is 2.11 bits per heavy atom. The Labute approximate surface area is 124 Å². The van der Waals surface area contributed by atoms with Crippen molar-refractivity contribution in [2.75, 3.05) is 0 Å². The number of carbonyl (C=O) groups is 1. The lowest BCUT2D eigenvalue weighted by Gasteiger charge is -2.21. The maximum atomic E-state index is 12.1. The number of aromatic hydroxyl groups is 1. The van der Waals surface area contributed by atoms with Gasteiger partial charge >= 0.3 is 0 Å². The van der Waals surface area contributed by atoms with Gasteiger partial charge in [-0.2, -0.15) is 0 Å². The Morgan fingerprint density at radius 3 is 2.63 bits per heavy atom.